The first kappa shape index (κ1) is 21.8. The maximum absolute atomic E-state index is 6.54. The Kier molecular flexibility index (Phi) is 6.65. The van der Waals surface area contributed by atoms with E-state index >= 15 is 0 Å². The Morgan fingerprint density at radius 2 is 1.29 bits per heavy atom. The predicted octanol–water partition coefficient (Wildman–Crippen LogP) is 6.88. The third-order valence-corrected chi connectivity index (χ3v) is 12.3. The van der Waals surface area contributed by atoms with Crippen molar-refractivity contribution in [3.05, 3.63) is 0 Å². The average molecular weight is 399 g/mol. The molecule has 1 atom stereocenters. The lowest BCUT2D eigenvalue weighted by atomic mass is 10.1. The van der Waals surface area contributed by atoms with Gasteiger partial charge in [-0.25, -0.2) is 4.74 Å². The lowest BCUT2D eigenvalue weighted by Crippen LogP contribution is -2.53. The second kappa shape index (κ2) is 6.39. The van der Waals surface area contributed by atoms with Gasteiger partial charge in [-0.15, -0.1) is 0 Å². The van der Waals surface area contributed by atoms with Gasteiger partial charge in [-0.1, -0.05) is 19.6 Å². The molecule has 0 radical (unpaired) electrons. The molecule has 0 spiro atoms. The third kappa shape index (κ3) is 7.78. The Morgan fingerprint density at radius 3 is 1.48 bits per heavy atom. The molecule has 0 aliphatic heterocycles. The van der Waals surface area contributed by atoms with E-state index in [1.165, 1.54) is 0 Å². The van der Waals surface area contributed by atoms with Crippen LogP contribution in [-0.2, 0) is 4.52 Å². The molecule has 0 bridgehead atoms. The summed E-state index contributed by atoms with van der Waals surface area (Å²) in [5.41, 5.74) is -0.386. The molecule has 0 N–H and O–H groups in total. The zero-order valence-corrected chi connectivity index (χ0v) is 19.6. The van der Waals surface area contributed by atoms with Crippen LogP contribution in [0.25, 0.3) is 0 Å². The van der Waals surface area contributed by atoms with Crippen molar-refractivity contribution in [1.29, 1.82) is 0 Å². The Balaban J connectivity index is 6.30. The van der Waals surface area contributed by atoms with Crippen molar-refractivity contribution in [1.82, 2.24) is 4.34 Å². The first-order chi connectivity index (χ1) is 8.78. The van der Waals surface area contributed by atoms with Gasteiger partial charge in [-0.05, 0) is 62.3 Å². The van der Waals surface area contributed by atoms with Gasteiger partial charge in [0.2, 0.25) is 6.13 Å². The minimum absolute atomic E-state index is 0.00174. The zero-order valence-electron chi connectivity index (χ0n) is 16.1. The van der Waals surface area contributed by atoms with Gasteiger partial charge >= 0.3 is 0 Å². The summed E-state index contributed by atoms with van der Waals surface area (Å²) in [6, 6.07) is 0. The quantitative estimate of drug-likeness (QED) is 0.382. The number of rotatable bonds is 3. The molecule has 0 amide bonds. The van der Waals surface area contributed by atoms with E-state index in [9.17, 15) is 0 Å². The highest BCUT2D eigenvalue weighted by atomic mass is 79.9. The van der Waals surface area contributed by atoms with Crippen LogP contribution in [0.5, 0.6) is 0 Å². The summed E-state index contributed by atoms with van der Waals surface area (Å²) in [6.07, 6.45) is -2.23. The van der Waals surface area contributed by atoms with Crippen LogP contribution in [0.4, 0.5) is 0 Å². The first-order valence-electron chi connectivity index (χ1n) is 7.63. The summed E-state index contributed by atoms with van der Waals surface area (Å²) >= 11 is 3.98. The van der Waals surface area contributed by atoms with Crippen LogP contribution >= 0.6 is 21.6 Å². The summed E-state index contributed by atoms with van der Waals surface area (Å²) in [4.78, 5) is 0. The molecule has 0 aromatic heterocycles. The summed E-state index contributed by atoms with van der Waals surface area (Å²) < 4.78 is 14.2. The Hall–Kier alpha value is 0.847. The fourth-order valence-electron chi connectivity index (χ4n) is 2.57. The van der Waals surface area contributed by atoms with Crippen molar-refractivity contribution in [3.8, 4) is 0 Å². The number of halogens is 1. The van der Waals surface area contributed by atoms with Gasteiger partial charge in [0, 0.05) is 21.0 Å². The van der Waals surface area contributed by atoms with Gasteiger partial charge in [0.15, 0.2) is 0 Å². The van der Waals surface area contributed by atoms with Crippen LogP contribution in [0.15, 0.2) is 4.74 Å². The molecule has 128 valence electrons. The van der Waals surface area contributed by atoms with Crippen LogP contribution in [-0.4, -0.2) is 29.3 Å². The molecule has 0 saturated heterocycles. The molecule has 0 fully saturated rings. The van der Waals surface area contributed by atoms with Crippen molar-refractivity contribution in [2.45, 2.75) is 98.6 Å². The molecule has 0 aromatic carbocycles. The maximum atomic E-state index is 6.54. The third-order valence-electron chi connectivity index (χ3n) is 2.33. The van der Waals surface area contributed by atoms with Crippen molar-refractivity contribution in [3.63, 3.8) is 0 Å². The van der Waals surface area contributed by atoms with Crippen molar-refractivity contribution in [2.24, 2.45) is 4.74 Å². The molecule has 0 saturated carbocycles. The van der Waals surface area contributed by atoms with Gasteiger partial charge in [0.25, 0.3) is 0 Å². The predicted molar refractivity (Wildman–Crippen MR) is 104 cm³/mol. The zero-order chi connectivity index (χ0) is 17.5. The normalized spacial score (nSPS) is 17.8. The summed E-state index contributed by atoms with van der Waals surface area (Å²) in [5, 5.41) is 0. The van der Waals surface area contributed by atoms with E-state index in [-0.39, 0.29) is 16.7 Å². The topological polar surface area (TPSA) is 24.8 Å². The number of hydrogen-bond donors (Lipinski definition) is 0. The van der Waals surface area contributed by atoms with E-state index in [1.807, 2.05) is 0 Å². The van der Waals surface area contributed by atoms with Crippen LogP contribution in [0.2, 0.25) is 19.6 Å². The summed E-state index contributed by atoms with van der Waals surface area (Å²) in [7, 11) is -1.64. The van der Waals surface area contributed by atoms with Crippen molar-refractivity contribution in [2.75, 3.05) is 0 Å². The number of hydrogen-bond acceptors (Lipinski definition) is 2. The largest absolute Gasteiger partial charge is 0.319 e. The van der Waals surface area contributed by atoms with E-state index in [0.717, 1.165) is 0 Å². The van der Waals surface area contributed by atoms with E-state index in [1.54, 1.807) is 0 Å². The monoisotopic (exact) mass is 398 g/mol. The molecule has 3 nitrogen and oxygen atoms in total. The number of nitrogens with zero attached hydrogens (tertiary/aromatic N) is 2. The first-order valence-corrected chi connectivity index (χ1v) is 14.7. The van der Waals surface area contributed by atoms with E-state index in [0.29, 0.717) is 0 Å². The minimum atomic E-state index is -2.23. The van der Waals surface area contributed by atoms with E-state index in [4.69, 9.17) is 9.27 Å². The van der Waals surface area contributed by atoms with Gasteiger partial charge in [0.1, 0.15) is 8.24 Å². The second-order valence-electron chi connectivity index (χ2n) is 9.60. The molecule has 1 unspecified atom stereocenters. The van der Waals surface area contributed by atoms with Gasteiger partial charge in [-0.2, -0.15) is 0 Å². The highest BCUT2D eigenvalue weighted by Crippen LogP contribution is 2.68. The highest BCUT2D eigenvalue weighted by molar-refractivity contribution is 9.40. The smallest absolute Gasteiger partial charge is 0.215 e. The average Bonchev–Trinajstić information content (AvgIpc) is 1.83. The van der Waals surface area contributed by atoms with E-state index < -0.39 is 14.4 Å². The lowest BCUT2D eigenvalue weighted by Gasteiger charge is -2.50. The molecule has 0 aliphatic rings. The summed E-state index contributed by atoms with van der Waals surface area (Å²) in [6.45, 7) is 26.6. The Bertz CT molecular complexity index is 397. The fourth-order valence-corrected chi connectivity index (χ4v) is 18.6. The molecule has 6 heteroatoms. The van der Waals surface area contributed by atoms with Crippen LogP contribution in [0.1, 0.15) is 62.3 Å². The van der Waals surface area contributed by atoms with Gasteiger partial charge < -0.3 is 4.52 Å². The maximum Gasteiger partial charge on any atom is 0.215 e. The second-order valence-corrected chi connectivity index (χ2v) is 19.3. The molecule has 21 heavy (non-hydrogen) atoms. The lowest BCUT2D eigenvalue weighted by molar-refractivity contribution is 0.135. The standard InChI is InChI=1S/C15H36BrN2OPSi/c1-13(2,3)17-20(16,19-15(7,8)9)18(14(4,5)6)21(10,11)12/h1-12H3. The highest BCUT2D eigenvalue weighted by Gasteiger charge is 2.45. The Morgan fingerprint density at radius 1 is 0.905 bits per heavy atom. The molecule has 0 heterocycles. The van der Waals surface area contributed by atoms with Crippen LogP contribution in [0.3, 0.4) is 0 Å². The molecule has 0 aliphatic carbocycles. The minimum Gasteiger partial charge on any atom is -0.319 e. The SMILES string of the molecule is CC(C)(C)N=P(Br)(OC(C)(C)C)N(C(C)(C)C)[Si](C)(C)C. The summed E-state index contributed by atoms with van der Waals surface area (Å²) in [5.74, 6) is 0. The molecule has 0 rings (SSSR count). The van der Waals surface area contributed by atoms with E-state index in [2.05, 4.69) is 102 Å². The molecular formula is C15H36BrN2OPSi. The van der Waals surface area contributed by atoms with Crippen molar-refractivity contribution >= 4 is 29.9 Å². The van der Waals surface area contributed by atoms with Crippen LogP contribution in [0, 0.1) is 0 Å². The molecular weight excluding hydrogens is 363 g/mol. The Labute approximate surface area is 142 Å². The van der Waals surface area contributed by atoms with Gasteiger partial charge in [0.05, 0.1) is 11.1 Å². The van der Waals surface area contributed by atoms with Crippen molar-refractivity contribution < 1.29 is 4.52 Å². The van der Waals surface area contributed by atoms with Crippen LogP contribution < -0.4 is 0 Å². The molecule has 0 aromatic rings. The van der Waals surface area contributed by atoms with Gasteiger partial charge in [-0.3, -0.25) is 4.34 Å². The fraction of sp³-hybridized carbons (Fsp3) is 1.00.